The van der Waals surface area contributed by atoms with Crippen molar-refractivity contribution < 1.29 is 5.11 Å². The molecule has 2 rings (SSSR count). The van der Waals surface area contributed by atoms with Gasteiger partial charge in [-0.05, 0) is 50.9 Å². The Bertz CT molecular complexity index is 362. The average molecular weight is 234 g/mol. The van der Waals surface area contributed by atoms with Gasteiger partial charge in [-0.15, -0.1) is 0 Å². The van der Waals surface area contributed by atoms with E-state index in [0.717, 1.165) is 25.7 Å². The van der Waals surface area contributed by atoms with Gasteiger partial charge in [0.25, 0.3) is 0 Å². The number of aliphatic hydroxyl groups excluding tert-OH is 1. The van der Waals surface area contributed by atoms with E-state index in [4.69, 9.17) is 0 Å². The summed E-state index contributed by atoms with van der Waals surface area (Å²) < 4.78 is 0. The molecule has 1 N–H and O–H groups in total. The quantitative estimate of drug-likeness (QED) is 0.714. The summed E-state index contributed by atoms with van der Waals surface area (Å²) in [6, 6.07) is 0. The Kier molecular flexibility index (Phi) is 3.24. The largest absolute Gasteiger partial charge is 0.396 e. The van der Waals surface area contributed by atoms with Gasteiger partial charge in [0.2, 0.25) is 0 Å². The SMILES string of the molecule is CC1=CCC(CO)(C2CC=C(C)C2(C)C)CC1. The van der Waals surface area contributed by atoms with Crippen LogP contribution in [0.15, 0.2) is 23.3 Å². The highest BCUT2D eigenvalue weighted by molar-refractivity contribution is 5.23. The van der Waals surface area contributed by atoms with E-state index in [1.54, 1.807) is 0 Å². The van der Waals surface area contributed by atoms with E-state index in [1.165, 1.54) is 11.1 Å². The van der Waals surface area contributed by atoms with Crippen LogP contribution in [-0.4, -0.2) is 11.7 Å². The first-order valence-corrected chi connectivity index (χ1v) is 6.86. The van der Waals surface area contributed by atoms with Crippen LogP contribution in [0.1, 0.15) is 53.4 Å². The average Bonchev–Trinajstić information content (AvgIpc) is 2.57. The summed E-state index contributed by atoms with van der Waals surface area (Å²) in [5, 5.41) is 9.95. The second-order valence-corrected chi connectivity index (χ2v) is 6.67. The number of hydrogen-bond acceptors (Lipinski definition) is 1. The van der Waals surface area contributed by atoms with Crippen LogP contribution < -0.4 is 0 Å². The molecule has 0 fully saturated rings. The smallest absolute Gasteiger partial charge is 0.0493 e. The van der Waals surface area contributed by atoms with Gasteiger partial charge in [0, 0.05) is 12.0 Å². The van der Waals surface area contributed by atoms with E-state index in [0.29, 0.717) is 12.5 Å². The molecule has 0 amide bonds. The molecule has 0 aromatic carbocycles. The molecule has 0 saturated heterocycles. The molecule has 1 heteroatoms. The fourth-order valence-electron chi connectivity index (χ4n) is 3.74. The fourth-order valence-corrected chi connectivity index (χ4v) is 3.74. The number of allylic oxidation sites excluding steroid dienone is 4. The predicted molar refractivity (Wildman–Crippen MR) is 72.8 cm³/mol. The second kappa shape index (κ2) is 4.28. The lowest BCUT2D eigenvalue weighted by Crippen LogP contribution is -2.41. The normalized spacial score (nSPS) is 36.6. The van der Waals surface area contributed by atoms with Crippen molar-refractivity contribution in [2.45, 2.75) is 53.4 Å². The van der Waals surface area contributed by atoms with Gasteiger partial charge >= 0.3 is 0 Å². The summed E-state index contributed by atoms with van der Waals surface area (Å²) >= 11 is 0. The highest BCUT2D eigenvalue weighted by atomic mass is 16.3. The van der Waals surface area contributed by atoms with E-state index < -0.39 is 0 Å². The van der Waals surface area contributed by atoms with Crippen LogP contribution in [0.2, 0.25) is 0 Å². The Morgan fingerprint density at radius 1 is 1.29 bits per heavy atom. The van der Waals surface area contributed by atoms with Crippen molar-refractivity contribution in [3.05, 3.63) is 23.3 Å². The summed E-state index contributed by atoms with van der Waals surface area (Å²) in [5.41, 5.74) is 3.37. The van der Waals surface area contributed by atoms with Gasteiger partial charge in [0.15, 0.2) is 0 Å². The lowest BCUT2D eigenvalue weighted by Gasteiger charge is -2.46. The Hall–Kier alpha value is -0.560. The van der Waals surface area contributed by atoms with Crippen LogP contribution in [0.4, 0.5) is 0 Å². The summed E-state index contributed by atoms with van der Waals surface area (Å²) in [4.78, 5) is 0. The Morgan fingerprint density at radius 2 is 2.00 bits per heavy atom. The predicted octanol–water partition coefficient (Wildman–Crippen LogP) is 4.09. The third-order valence-electron chi connectivity index (χ3n) is 5.48. The van der Waals surface area contributed by atoms with Crippen LogP contribution in [0.3, 0.4) is 0 Å². The molecule has 96 valence electrons. The maximum Gasteiger partial charge on any atom is 0.0493 e. The third kappa shape index (κ3) is 1.99. The zero-order valence-corrected chi connectivity index (χ0v) is 11.7. The van der Waals surface area contributed by atoms with Gasteiger partial charge in [-0.2, -0.15) is 0 Å². The minimum Gasteiger partial charge on any atom is -0.396 e. The zero-order valence-electron chi connectivity index (χ0n) is 11.7. The molecule has 17 heavy (non-hydrogen) atoms. The maximum absolute atomic E-state index is 9.95. The summed E-state index contributed by atoms with van der Waals surface area (Å²) in [6.45, 7) is 9.49. The molecule has 0 saturated carbocycles. The van der Waals surface area contributed by atoms with Crippen molar-refractivity contribution in [1.29, 1.82) is 0 Å². The topological polar surface area (TPSA) is 20.2 Å². The second-order valence-electron chi connectivity index (χ2n) is 6.67. The lowest BCUT2D eigenvalue weighted by atomic mass is 9.58. The van der Waals surface area contributed by atoms with Crippen molar-refractivity contribution in [3.63, 3.8) is 0 Å². The fraction of sp³-hybridized carbons (Fsp3) is 0.750. The Labute approximate surface area is 106 Å². The van der Waals surface area contributed by atoms with Crippen molar-refractivity contribution in [3.8, 4) is 0 Å². The maximum atomic E-state index is 9.95. The highest BCUT2D eigenvalue weighted by Gasteiger charge is 2.48. The monoisotopic (exact) mass is 234 g/mol. The Balaban J connectivity index is 2.27. The molecule has 2 aliphatic carbocycles. The first-order valence-electron chi connectivity index (χ1n) is 6.86. The molecule has 2 unspecified atom stereocenters. The summed E-state index contributed by atoms with van der Waals surface area (Å²) in [5.74, 6) is 0.601. The van der Waals surface area contributed by atoms with E-state index in [-0.39, 0.29) is 10.8 Å². The lowest BCUT2D eigenvalue weighted by molar-refractivity contribution is 0.00838. The van der Waals surface area contributed by atoms with E-state index in [1.807, 2.05) is 0 Å². The molecule has 2 atom stereocenters. The number of aliphatic hydroxyl groups is 1. The van der Waals surface area contributed by atoms with Gasteiger partial charge in [0.05, 0.1) is 0 Å². The first kappa shape index (κ1) is 12.9. The molecular formula is C16H26O. The van der Waals surface area contributed by atoms with E-state index in [2.05, 4.69) is 39.8 Å². The molecule has 0 aliphatic heterocycles. The van der Waals surface area contributed by atoms with Crippen LogP contribution in [-0.2, 0) is 0 Å². The zero-order chi connectivity index (χ0) is 12.7. The molecule has 1 nitrogen and oxygen atoms in total. The van der Waals surface area contributed by atoms with Gasteiger partial charge in [-0.1, -0.05) is 37.1 Å². The van der Waals surface area contributed by atoms with E-state index >= 15 is 0 Å². The molecular weight excluding hydrogens is 208 g/mol. The van der Waals surface area contributed by atoms with Crippen LogP contribution in [0.5, 0.6) is 0 Å². The first-order chi connectivity index (χ1) is 7.92. The molecule has 0 spiro atoms. The van der Waals surface area contributed by atoms with Crippen molar-refractivity contribution in [1.82, 2.24) is 0 Å². The molecule has 2 aliphatic rings. The minimum absolute atomic E-state index is 0.122. The summed E-state index contributed by atoms with van der Waals surface area (Å²) in [7, 11) is 0. The highest BCUT2D eigenvalue weighted by Crippen LogP contribution is 2.56. The van der Waals surface area contributed by atoms with Gasteiger partial charge < -0.3 is 5.11 Å². The minimum atomic E-state index is 0.122. The van der Waals surface area contributed by atoms with Crippen LogP contribution in [0.25, 0.3) is 0 Å². The van der Waals surface area contributed by atoms with Crippen LogP contribution >= 0.6 is 0 Å². The number of hydrogen-bond donors (Lipinski definition) is 1. The third-order valence-corrected chi connectivity index (χ3v) is 5.48. The van der Waals surface area contributed by atoms with Crippen molar-refractivity contribution in [2.24, 2.45) is 16.7 Å². The molecule has 0 aromatic heterocycles. The standard InChI is InChI=1S/C16H26O/c1-12-7-9-16(11-17,10-8-12)14-6-5-13(2)15(14,3)4/h5,7,14,17H,6,8-11H2,1-4H3. The van der Waals surface area contributed by atoms with Crippen LogP contribution in [0, 0.1) is 16.7 Å². The van der Waals surface area contributed by atoms with Crippen molar-refractivity contribution >= 4 is 0 Å². The molecule has 0 heterocycles. The van der Waals surface area contributed by atoms with Gasteiger partial charge in [-0.25, -0.2) is 0 Å². The molecule has 0 aromatic rings. The van der Waals surface area contributed by atoms with E-state index in [9.17, 15) is 5.11 Å². The molecule has 0 radical (unpaired) electrons. The number of rotatable bonds is 2. The Morgan fingerprint density at radius 3 is 2.41 bits per heavy atom. The van der Waals surface area contributed by atoms with Gasteiger partial charge in [0.1, 0.15) is 0 Å². The molecule has 0 bridgehead atoms. The van der Waals surface area contributed by atoms with Crippen molar-refractivity contribution in [2.75, 3.05) is 6.61 Å². The van der Waals surface area contributed by atoms with Gasteiger partial charge in [-0.3, -0.25) is 0 Å². The summed E-state index contributed by atoms with van der Waals surface area (Å²) in [6.07, 6.45) is 9.25.